The summed E-state index contributed by atoms with van der Waals surface area (Å²) in [6.07, 6.45) is 5.50. The quantitative estimate of drug-likeness (QED) is 0.191. The fourth-order valence-electron chi connectivity index (χ4n) is 5.80. The third-order valence-electron chi connectivity index (χ3n) is 7.59. The Morgan fingerprint density at radius 3 is 2.26 bits per heavy atom. The number of hydrogen-bond acceptors (Lipinski definition) is 4. The first-order valence-electron chi connectivity index (χ1n) is 12.8. The van der Waals surface area contributed by atoms with Crippen LogP contribution in [-0.2, 0) is 11.8 Å². The summed E-state index contributed by atoms with van der Waals surface area (Å²) in [4.78, 5) is 14.3. The highest BCUT2D eigenvalue weighted by atomic mass is 32.4. The van der Waals surface area contributed by atoms with E-state index >= 15 is 0 Å². The van der Waals surface area contributed by atoms with Crippen LogP contribution in [0.1, 0.15) is 0 Å². The molecule has 1 atom stereocenters. The van der Waals surface area contributed by atoms with Crippen LogP contribution in [-0.4, -0.2) is 19.4 Å². The Balaban J connectivity index is 1.53. The first-order chi connectivity index (χ1) is 19.2. The van der Waals surface area contributed by atoms with Gasteiger partial charge in [-0.25, -0.2) is 4.98 Å². The van der Waals surface area contributed by atoms with Gasteiger partial charge in [-0.3, -0.25) is 14.4 Å². The lowest BCUT2D eigenvalue weighted by molar-refractivity contribution is 1.31. The minimum absolute atomic E-state index is 0.942. The second kappa shape index (κ2) is 8.54. The predicted octanol–water partition coefficient (Wildman–Crippen LogP) is 6.49. The van der Waals surface area contributed by atoms with Crippen LogP contribution in [0, 0.1) is 0 Å². The number of rotatable bonds is 3. The molecule has 4 heterocycles. The van der Waals surface area contributed by atoms with Gasteiger partial charge in [0.1, 0.15) is 5.65 Å². The van der Waals surface area contributed by atoms with Gasteiger partial charge in [-0.05, 0) is 52.4 Å². The molecule has 6 heteroatoms. The average Bonchev–Trinajstić information content (AvgIpc) is 3.41. The van der Waals surface area contributed by atoms with E-state index in [0.29, 0.717) is 0 Å². The molecule has 0 saturated heterocycles. The van der Waals surface area contributed by atoms with Crippen LogP contribution in [0.2, 0.25) is 0 Å². The van der Waals surface area contributed by atoms with Gasteiger partial charge in [-0.15, -0.1) is 0 Å². The first-order valence-corrected chi connectivity index (χ1v) is 15.6. The normalized spacial score (nSPS) is 13.4. The number of imidazole rings is 1. The highest BCUT2D eigenvalue weighted by molar-refractivity contribution is 8.25. The largest absolute Gasteiger partial charge is 0.292 e. The molecule has 0 radical (unpaired) electrons. The zero-order chi connectivity index (χ0) is 26.0. The van der Waals surface area contributed by atoms with Crippen LogP contribution >= 0.6 is 6.04 Å². The maximum atomic E-state index is 6.79. The first kappa shape index (κ1) is 22.5. The average molecular weight is 537 g/mol. The molecule has 0 fully saturated rings. The van der Waals surface area contributed by atoms with E-state index < -0.39 is 6.04 Å². The molecule has 0 aliphatic carbocycles. The van der Waals surface area contributed by atoms with E-state index in [2.05, 4.69) is 117 Å². The van der Waals surface area contributed by atoms with Crippen LogP contribution in [0.15, 0.2) is 128 Å². The second-order valence-electron chi connectivity index (χ2n) is 9.67. The second-order valence-corrected chi connectivity index (χ2v) is 14.0. The van der Waals surface area contributed by atoms with Crippen molar-refractivity contribution in [1.82, 2.24) is 19.4 Å². The van der Waals surface area contributed by atoms with Gasteiger partial charge in [-0.2, -0.15) is 0 Å². The summed E-state index contributed by atoms with van der Waals surface area (Å²) in [5.41, 5.74) is 5.03. The van der Waals surface area contributed by atoms with Gasteiger partial charge in [0.2, 0.25) is 0 Å². The summed E-state index contributed by atoms with van der Waals surface area (Å²) in [6.45, 7) is 0. The Hall–Kier alpha value is -4.44. The molecule has 184 valence electrons. The summed E-state index contributed by atoms with van der Waals surface area (Å²) in [7, 11) is 0. The molecule has 0 N–H and O–H groups in total. The van der Waals surface area contributed by atoms with Gasteiger partial charge in [0, 0.05) is 46.1 Å². The van der Waals surface area contributed by atoms with Gasteiger partial charge < -0.3 is 0 Å². The summed E-state index contributed by atoms with van der Waals surface area (Å²) in [5, 5.41) is 7.89. The highest BCUT2D eigenvalue weighted by Gasteiger charge is 2.29. The van der Waals surface area contributed by atoms with Crippen LogP contribution in [0.3, 0.4) is 0 Å². The van der Waals surface area contributed by atoms with Crippen molar-refractivity contribution < 1.29 is 0 Å². The molecule has 4 aromatic carbocycles. The third kappa shape index (κ3) is 3.24. The standard InChI is InChI=1S/C33H21N4PS/c39-38(23-16-19-34-20-17-23,24-15-14-22-7-6-18-35-28(22)21-24)31-13-5-12-30-32(31)36-33-27-10-2-1-8-25(27)26-9-3-4-11-29(26)37(30)33/h1-21H. The fraction of sp³-hybridized carbons (Fsp3) is 0. The molecule has 0 aliphatic rings. The van der Waals surface area contributed by atoms with E-state index in [1.54, 1.807) is 0 Å². The smallest absolute Gasteiger partial charge is 0.146 e. The van der Waals surface area contributed by atoms with E-state index in [-0.39, 0.29) is 0 Å². The summed E-state index contributed by atoms with van der Waals surface area (Å²) < 4.78 is 2.30. The minimum Gasteiger partial charge on any atom is -0.292 e. The fourth-order valence-corrected chi connectivity index (χ4v) is 9.71. The molecule has 0 saturated carbocycles. The topological polar surface area (TPSA) is 43.1 Å². The molecule has 0 aliphatic heterocycles. The monoisotopic (exact) mass is 536 g/mol. The van der Waals surface area contributed by atoms with E-state index in [1.165, 1.54) is 10.8 Å². The molecule has 39 heavy (non-hydrogen) atoms. The Labute approximate surface area is 229 Å². The van der Waals surface area contributed by atoms with Crippen molar-refractivity contribution in [3.63, 3.8) is 0 Å². The van der Waals surface area contributed by atoms with Crippen LogP contribution in [0.5, 0.6) is 0 Å². The minimum atomic E-state index is -2.52. The van der Waals surface area contributed by atoms with Crippen LogP contribution < -0.4 is 15.9 Å². The predicted molar refractivity (Wildman–Crippen MR) is 167 cm³/mol. The van der Waals surface area contributed by atoms with Crippen LogP contribution in [0.25, 0.3) is 49.3 Å². The Morgan fingerprint density at radius 2 is 1.38 bits per heavy atom. The maximum absolute atomic E-state index is 6.79. The van der Waals surface area contributed by atoms with E-state index in [0.717, 1.165) is 54.4 Å². The number of pyridine rings is 3. The lowest BCUT2D eigenvalue weighted by atomic mass is 10.1. The number of nitrogens with zero attached hydrogens (tertiary/aromatic N) is 4. The Bertz CT molecular complexity index is 2270. The van der Waals surface area contributed by atoms with Gasteiger partial charge in [0.25, 0.3) is 0 Å². The summed E-state index contributed by atoms with van der Waals surface area (Å²) in [5.74, 6) is 0. The molecule has 8 rings (SSSR count). The molecule has 8 aromatic rings. The molecule has 0 amide bonds. The van der Waals surface area contributed by atoms with Crippen molar-refractivity contribution in [2.24, 2.45) is 0 Å². The van der Waals surface area contributed by atoms with Crippen molar-refractivity contribution >= 4 is 83.0 Å². The van der Waals surface area contributed by atoms with E-state index in [4.69, 9.17) is 16.8 Å². The van der Waals surface area contributed by atoms with E-state index in [9.17, 15) is 0 Å². The molecular weight excluding hydrogens is 515 g/mol. The van der Waals surface area contributed by atoms with Gasteiger partial charge in [0.15, 0.2) is 0 Å². The Morgan fingerprint density at radius 1 is 0.615 bits per heavy atom. The number of para-hydroxylation sites is 2. The Kier molecular flexibility index (Phi) is 4.93. The van der Waals surface area contributed by atoms with Crippen molar-refractivity contribution in [1.29, 1.82) is 0 Å². The van der Waals surface area contributed by atoms with Crippen molar-refractivity contribution in [3.05, 3.63) is 128 Å². The molecule has 4 nitrogen and oxygen atoms in total. The molecule has 4 aromatic heterocycles. The zero-order valence-corrected chi connectivity index (χ0v) is 22.5. The zero-order valence-electron chi connectivity index (χ0n) is 20.8. The van der Waals surface area contributed by atoms with Gasteiger partial charge in [-0.1, -0.05) is 84.6 Å². The molecule has 1 unspecified atom stereocenters. The third-order valence-corrected chi connectivity index (χ3v) is 12.5. The molecule has 0 spiro atoms. The molecule has 0 bridgehead atoms. The lowest BCUT2D eigenvalue weighted by Gasteiger charge is -2.24. The number of aromatic nitrogens is 4. The van der Waals surface area contributed by atoms with Gasteiger partial charge >= 0.3 is 0 Å². The van der Waals surface area contributed by atoms with Crippen molar-refractivity contribution in [2.75, 3.05) is 0 Å². The number of fused-ring (bicyclic) bond motifs is 9. The van der Waals surface area contributed by atoms with Crippen molar-refractivity contribution in [2.45, 2.75) is 0 Å². The summed E-state index contributed by atoms with van der Waals surface area (Å²) >= 11 is 6.79. The summed E-state index contributed by atoms with van der Waals surface area (Å²) in [6, 6.07) is 35.6. The number of hydrogen-bond donors (Lipinski definition) is 0. The lowest BCUT2D eigenvalue weighted by Crippen LogP contribution is -2.25. The van der Waals surface area contributed by atoms with E-state index in [1.807, 2.05) is 24.7 Å². The van der Waals surface area contributed by atoms with Crippen LogP contribution in [0.4, 0.5) is 0 Å². The number of benzene rings is 4. The highest BCUT2D eigenvalue weighted by Crippen LogP contribution is 2.45. The van der Waals surface area contributed by atoms with Gasteiger partial charge in [0.05, 0.1) is 22.1 Å². The molecular formula is C33H21N4PS. The SMILES string of the molecule is S=P(c1ccncc1)(c1ccc2cccnc2c1)c1cccc2c1nc1c3ccccc3c3ccccc3n21. The van der Waals surface area contributed by atoms with Crippen molar-refractivity contribution in [3.8, 4) is 0 Å². The maximum Gasteiger partial charge on any atom is 0.146 e.